The van der Waals surface area contributed by atoms with Crippen molar-refractivity contribution in [1.82, 2.24) is 9.55 Å². The van der Waals surface area contributed by atoms with E-state index >= 15 is 0 Å². The Hall–Kier alpha value is -3.69. The Balaban J connectivity index is 2.42. The Labute approximate surface area is 165 Å². The zero-order valence-corrected chi connectivity index (χ0v) is 16.3. The lowest BCUT2D eigenvalue weighted by molar-refractivity contribution is -0.136. The molecule has 2 amide bonds. The average Bonchev–Trinajstić information content (AvgIpc) is 2.64. The standard InChI is InChI=1S/C19H22N4O6/c1-11(2)17(27)20-13-6-4-5-7-14(13)23(10-16(25)26)15(24)9-22-8-12(3)18(28)21-19(22)29/h4-8,11H,9-10H2,1-3H3,(H,20,27)(H,25,26)(H,21,28,29). The molecule has 29 heavy (non-hydrogen) atoms. The molecule has 0 saturated carbocycles. The van der Waals surface area contributed by atoms with Crippen molar-refractivity contribution in [3.63, 3.8) is 0 Å². The first-order valence-corrected chi connectivity index (χ1v) is 8.82. The molecule has 2 aromatic rings. The van der Waals surface area contributed by atoms with Gasteiger partial charge in [-0.25, -0.2) is 4.79 Å². The smallest absolute Gasteiger partial charge is 0.328 e. The highest BCUT2D eigenvalue weighted by Crippen LogP contribution is 2.26. The van der Waals surface area contributed by atoms with Crippen LogP contribution in [0, 0.1) is 12.8 Å². The van der Waals surface area contributed by atoms with Gasteiger partial charge in [0.15, 0.2) is 0 Å². The molecule has 0 unspecified atom stereocenters. The lowest BCUT2D eigenvalue weighted by atomic mass is 10.2. The summed E-state index contributed by atoms with van der Waals surface area (Å²) < 4.78 is 0.989. The third-order valence-electron chi connectivity index (χ3n) is 4.07. The molecule has 1 aromatic heterocycles. The summed E-state index contributed by atoms with van der Waals surface area (Å²) in [5.41, 5.74) is -0.672. The Morgan fingerprint density at radius 1 is 1.21 bits per heavy atom. The van der Waals surface area contributed by atoms with E-state index in [9.17, 15) is 29.1 Å². The number of anilines is 2. The van der Waals surface area contributed by atoms with Gasteiger partial charge in [-0.3, -0.25) is 33.6 Å². The number of carboxylic acid groups (broad SMARTS) is 1. The fraction of sp³-hybridized carbons (Fsp3) is 0.316. The molecular weight excluding hydrogens is 380 g/mol. The second kappa shape index (κ2) is 9.00. The predicted octanol–water partition coefficient (Wildman–Crippen LogP) is 0.557. The van der Waals surface area contributed by atoms with Crippen molar-refractivity contribution in [2.24, 2.45) is 5.92 Å². The summed E-state index contributed by atoms with van der Waals surface area (Å²) in [5, 5.41) is 11.9. The van der Waals surface area contributed by atoms with Gasteiger partial charge in [-0.2, -0.15) is 0 Å². The van der Waals surface area contributed by atoms with Crippen molar-refractivity contribution >= 4 is 29.2 Å². The molecule has 1 aromatic carbocycles. The van der Waals surface area contributed by atoms with Gasteiger partial charge in [-0.05, 0) is 19.1 Å². The first-order valence-electron chi connectivity index (χ1n) is 8.82. The fourth-order valence-electron chi connectivity index (χ4n) is 2.50. The molecule has 10 nitrogen and oxygen atoms in total. The summed E-state index contributed by atoms with van der Waals surface area (Å²) >= 11 is 0. The molecule has 0 bridgehead atoms. The molecule has 0 radical (unpaired) electrons. The summed E-state index contributed by atoms with van der Waals surface area (Å²) in [4.78, 5) is 62.8. The summed E-state index contributed by atoms with van der Waals surface area (Å²) in [5.74, 6) is -2.59. The van der Waals surface area contributed by atoms with Crippen molar-refractivity contribution in [2.45, 2.75) is 27.3 Å². The molecule has 1 heterocycles. The highest BCUT2D eigenvalue weighted by atomic mass is 16.4. The van der Waals surface area contributed by atoms with E-state index in [1.807, 2.05) is 0 Å². The number of H-pyrrole nitrogens is 1. The first-order chi connectivity index (χ1) is 13.6. The van der Waals surface area contributed by atoms with E-state index in [1.54, 1.807) is 32.0 Å². The number of aryl methyl sites for hydroxylation is 1. The number of aliphatic carboxylic acids is 1. The largest absolute Gasteiger partial charge is 0.480 e. The van der Waals surface area contributed by atoms with Crippen LogP contribution in [0.2, 0.25) is 0 Å². The number of benzene rings is 1. The second-order valence-corrected chi connectivity index (χ2v) is 6.73. The maximum atomic E-state index is 12.9. The Morgan fingerprint density at radius 3 is 2.48 bits per heavy atom. The van der Waals surface area contributed by atoms with Crippen LogP contribution in [0.5, 0.6) is 0 Å². The number of amides is 2. The molecule has 0 fully saturated rings. The molecule has 3 N–H and O–H groups in total. The van der Waals surface area contributed by atoms with Crippen LogP contribution in [-0.4, -0.2) is 39.0 Å². The lowest BCUT2D eigenvalue weighted by Gasteiger charge is -2.24. The zero-order chi connectivity index (χ0) is 21.7. The number of aromatic amines is 1. The predicted molar refractivity (Wildman–Crippen MR) is 106 cm³/mol. The van der Waals surface area contributed by atoms with E-state index in [2.05, 4.69) is 10.3 Å². The summed E-state index contributed by atoms with van der Waals surface area (Å²) in [6, 6.07) is 6.28. The molecule has 0 aliphatic heterocycles. The summed E-state index contributed by atoms with van der Waals surface area (Å²) in [7, 11) is 0. The van der Waals surface area contributed by atoms with Crippen LogP contribution in [0.25, 0.3) is 0 Å². The maximum Gasteiger partial charge on any atom is 0.328 e. The third kappa shape index (κ3) is 5.41. The molecule has 0 spiro atoms. The van der Waals surface area contributed by atoms with Gasteiger partial charge in [0.25, 0.3) is 5.56 Å². The van der Waals surface area contributed by atoms with E-state index in [1.165, 1.54) is 19.2 Å². The van der Waals surface area contributed by atoms with Crippen LogP contribution in [0.1, 0.15) is 19.4 Å². The summed E-state index contributed by atoms with van der Waals surface area (Å²) in [6.45, 7) is 3.71. The van der Waals surface area contributed by atoms with Crippen LogP contribution < -0.4 is 21.5 Å². The van der Waals surface area contributed by atoms with Gasteiger partial charge >= 0.3 is 11.7 Å². The van der Waals surface area contributed by atoms with Gasteiger partial charge in [0, 0.05) is 17.7 Å². The van der Waals surface area contributed by atoms with E-state index in [0.717, 1.165) is 9.47 Å². The minimum Gasteiger partial charge on any atom is -0.480 e. The number of aromatic nitrogens is 2. The minimum absolute atomic E-state index is 0.183. The number of carboxylic acids is 1. The Kier molecular flexibility index (Phi) is 6.71. The number of nitrogens with one attached hydrogen (secondary N) is 2. The number of carbonyl (C=O) groups excluding carboxylic acids is 2. The number of hydrogen-bond donors (Lipinski definition) is 3. The second-order valence-electron chi connectivity index (χ2n) is 6.73. The number of hydrogen-bond acceptors (Lipinski definition) is 5. The Morgan fingerprint density at radius 2 is 1.86 bits per heavy atom. The molecular formula is C19H22N4O6. The number of rotatable bonds is 7. The van der Waals surface area contributed by atoms with E-state index in [4.69, 9.17) is 0 Å². The van der Waals surface area contributed by atoms with Gasteiger partial charge < -0.3 is 10.4 Å². The van der Waals surface area contributed by atoms with Crippen molar-refractivity contribution in [3.8, 4) is 0 Å². The average molecular weight is 402 g/mol. The first kappa shape index (κ1) is 21.6. The maximum absolute atomic E-state index is 12.9. The third-order valence-corrected chi connectivity index (χ3v) is 4.07. The SMILES string of the molecule is Cc1cn(CC(=O)N(CC(=O)O)c2ccccc2NC(=O)C(C)C)c(=O)[nH]c1=O. The normalized spacial score (nSPS) is 10.6. The van der Waals surface area contributed by atoms with Crippen molar-refractivity contribution in [2.75, 3.05) is 16.8 Å². The van der Waals surface area contributed by atoms with Crippen molar-refractivity contribution < 1.29 is 19.5 Å². The molecule has 0 atom stereocenters. The molecule has 0 saturated heterocycles. The molecule has 0 aliphatic carbocycles. The summed E-state index contributed by atoms with van der Waals surface area (Å²) in [6.07, 6.45) is 1.23. The van der Waals surface area contributed by atoms with Crippen LogP contribution in [-0.2, 0) is 20.9 Å². The zero-order valence-electron chi connectivity index (χ0n) is 16.3. The molecule has 10 heteroatoms. The van der Waals surface area contributed by atoms with Crippen LogP contribution in [0.4, 0.5) is 11.4 Å². The fourth-order valence-corrected chi connectivity index (χ4v) is 2.50. The van der Waals surface area contributed by atoms with Gasteiger partial charge in [0.2, 0.25) is 11.8 Å². The lowest BCUT2D eigenvalue weighted by Crippen LogP contribution is -2.41. The number of para-hydroxylation sites is 2. The van der Waals surface area contributed by atoms with Crippen LogP contribution in [0.15, 0.2) is 40.1 Å². The quantitative estimate of drug-likeness (QED) is 0.618. The van der Waals surface area contributed by atoms with Crippen LogP contribution in [0.3, 0.4) is 0 Å². The van der Waals surface area contributed by atoms with Gasteiger partial charge in [-0.15, -0.1) is 0 Å². The topological polar surface area (TPSA) is 142 Å². The Bertz CT molecular complexity index is 1050. The highest BCUT2D eigenvalue weighted by molar-refractivity contribution is 6.03. The van der Waals surface area contributed by atoms with Gasteiger partial charge in [0.05, 0.1) is 11.4 Å². The van der Waals surface area contributed by atoms with Gasteiger partial charge in [-0.1, -0.05) is 26.0 Å². The molecule has 2 rings (SSSR count). The number of carbonyl (C=O) groups is 3. The van der Waals surface area contributed by atoms with E-state index in [-0.39, 0.29) is 28.8 Å². The van der Waals surface area contributed by atoms with Crippen molar-refractivity contribution in [3.05, 3.63) is 56.9 Å². The number of nitrogens with zero attached hydrogens (tertiary/aromatic N) is 2. The monoisotopic (exact) mass is 402 g/mol. The highest BCUT2D eigenvalue weighted by Gasteiger charge is 2.23. The molecule has 154 valence electrons. The van der Waals surface area contributed by atoms with E-state index in [0.29, 0.717) is 0 Å². The minimum atomic E-state index is -1.27. The van der Waals surface area contributed by atoms with Crippen molar-refractivity contribution in [1.29, 1.82) is 0 Å². The molecule has 0 aliphatic rings. The van der Waals surface area contributed by atoms with Crippen LogP contribution >= 0.6 is 0 Å². The van der Waals surface area contributed by atoms with Gasteiger partial charge in [0.1, 0.15) is 13.1 Å². The van der Waals surface area contributed by atoms with E-state index < -0.39 is 36.2 Å².